The molecule has 0 amide bonds. The van der Waals surface area contributed by atoms with E-state index in [-0.39, 0.29) is 6.42 Å². The third-order valence-electron chi connectivity index (χ3n) is 3.86. The van der Waals surface area contributed by atoms with E-state index in [1.807, 2.05) is 0 Å². The Hall–Kier alpha value is -1.16. The number of hydrogen-bond donors (Lipinski definition) is 0. The zero-order valence-electron chi connectivity index (χ0n) is 12.1. The fourth-order valence-corrected chi connectivity index (χ4v) is 1.70. The van der Waals surface area contributed by atoms with Crippen LogP contribution in [0, 0.1) is 5.41 Å². The number of esters is 1. The summed E-state index contributed by atoms with van der Waals surface area (Å²) in [7, 11) is 0. The summed E-state index contributed by atoms with van der Waals surface area (Å²) in [5, 5.41) is 0. The minimum atomic E-state index is -6.77. The van der Waals surface area contributed by atoms with Gasteiger partial charge < -0.3 is 4.74 Å². The molecule has 0 aromatic rings. The summed E-state index contributed by atoms with van der Waals surface area (Å²) < 4.78 is 123. The van der Waals surface area contributed by atoms with E-state index < -0.39 is 47.4 Å². The second-order valence-electron chi connectivity index (χ2n) is 5.96. The highest BCUT2D eigenvalue weighted by Gasteiger charge is 2.92. The highest BCUT2D eigenvalue weighted by atomic mass is 19.4. The van der Waals surface area contributed by atoms with Crippen LogP contribution in [0.3, 0.4) is 0 Å². The molecule has 11 heteroatoms. The molecule has 1 saturated carbocycles. The lowest BCUT2D eigenvalue weighted by atomic mass is 9.81. The molecule has 0 aliphatic heterocycles. The van der Waals surface area contributed by atoms with Crippen molar-refractivity contribution in [2.75, 3.05) is 0 Å². The smallest absolute Gasteiger partial charge is 0.385 e. The number of hydrogen-bond acceptors (Lipinski definition) is 2. The van der Waals surface area contributed by atoms with Gasteiger partial charge in [-0.15, -0.1) is 0 Å². The normalized spacial score (nSPS) is 31.5. The van der Waals surface area contributed by atoms with Crippen molar-refractivity contribution in [1.29, 1.82) is 0 Å². The predicted octanol–water partition coefficient (Wildman–Crippen LogP) is 4.58. The van der Waals surface area contributed by atoms with Crippen LogP contribution in [-0.2, 0) is 9.53 Å². The molecule has 136 valence electrons. The fraction of sp³-hybridized carbons (Fsp3) is 0.917. The number of alkyl halides is 9. The number of halogens is 9. The van der Waals surface area contributed by atoms with Gasteiger partial charge >= 0.3 is 35.5 Å². The first-order valence-electron chi connectivity index (χ1n) is 6.33. The van der Waals surface area contributed by atoms with Gasteiger partial charge in [0.2, 0.25) is 0 Å². The van der Waals surface area contributed by atoms with E-state index in [9.17, 15) is 44.3 Å². The summed E-state index contributed by atoms with van der Waals surface area (Å²) >= 11 is 0. The summed E-state index contributed by atoms with van der Waals surface area (Å²) in [6.07, 6.45) is -3.24. The largest absolute Gasteiger partial charge is 0.421 e. The van der Waals surface area contributed by atoms with Gasteiger partial charge in [-0.1, -0.05) is 6.92 Å². The van der Waals surface area contributed by atoms with Crippen molar-refractivity contribution >= 4 is 5.97 Å². The monoisotopic (exact) mass is 360 g/mol. The van der Waals surface area contributed by atoms with Crippen molar-refractivity contribution < 1.29 is 49.0 Å². The average Bonchev–Trinajstić information content (AvgIpc) is 2.35. The van der Waals surface area contributed by atoms with Gasteiger partial charge in [-0.05, 0) is 20.3 Å². The van der Waals surface area contributed by atoms with Gasteiger partial charge in [0.15, 0.2) is 0 Å². The molecule has 1 unspecified atom stereocenters. The van der Waals surface area contributed by atoms with Crippen molar-refractivity contribution in [3.63, 3.8) is 0 Å². The van der Waals surface area contributed by atoms with Gasteiger partial charge in [-0.3, -0.25) is 4.79 Å². The highest BCUT2D eigenvalue weighted by molar-refractivity contribution is 5.76. The first kappa shape index (κ1) is 19.9. The topological polar surface area (TPSA) is 26.3 Å². The molecular weight excluding hydrogens is 347 g/mol. The van der Waals surface area contributed by atoms with Crippen molar-refractivity contribution in [3.8, 4) is 0 Å². The zero-order chi connectivity index (χ0) is 18.7. The Balaban J connectivity index is 3.39. The van der Waals surface area contributed by atoms with Crippen LogP contribution in [-0.4, -0.2) is 35.5 Å². The average molecular weight is 360 g/mol. The minimum absolute atomic E-state index is 0.142. The van der Waals surface area contributed by atoms with Gasteiger partial charge in [0.1, 0.15) is 0 Å². The molecule has 0 aromatic carbocycles. The van der Waals surface area contributed by atoms with E-state index in [1.165, 1.54) is 6.92 Å². The van der Waals surface area contributed by atoms with Crippen molar-refractivity contribution in [3.05, 3.63) is 0 Å². The van der Waals surface area contributed by atoms with Gasteiger partial charge in [-0.2, -0.15) is 39.5 Å². The molecule has 0 bridgehead atoms. The first-order valence-corrected chi connectivity index (χ1v) is 6.33. The maximum absolute atomic E-state index is 14.1. The lowest BCUT2D eigenvalue weighted by Crippen LogP contribution is -2.75. The highest BCUT2D eigenvalue weighted by Crippen LogP contribution is 2.64. The van der Waals surface area contributed by atoms with E-state index >= 15 is 0 Å². The number of ether oxygens (including phenoxy) is 1. The third-order valence-corrected chi connectivity index (χ3v) is 3.86. The third kappa shape index (κ3) is 2.46. The summed E-state index contributed by atoms with van der Waals surface area (Å²) in [5.74, 6) is -32.6. The van der Waals surface area contributed by atoms with Crippen molar-refractivity contribution in [2.45, 2.75) is 63.2 Å². The quantitative estimate of drug-likeness (QED) is 0.544. The van der Waals surface area contributed by atoms with Crippen LogP contribution in [0.4, 0.5) is 39.5 Å². The number of rotatable bonds is 3. The maximum Gasteiger partial charge on any atom is 0.385 e. The SMILES string of the molecule is CCC(C)(C)C(=O)OC1(F)CC(F)(F)C(F)(F)C(F)(F)C1(F)F. The second-order valence-corrected chi connectivity index (χ2v) is 5.96. The van der Waals surface area contributed by atoms with Crippen LogP contribution >= 0.6 is 0 Å². The number of carbonyl (C=O) groups is 1. The maximum atomic E-state index is 14.1. The Bertz CT molecular complexity index is 501. The Morgan fingerprint density at radius 3 is 1.74 bits per heavy atom. The standard InChI is InChI=1S/C12H13F9O2/c1-4-7(2,3)6(22)23-9(15)5-8(13,14)10(16,17)12(20,21)11(9,18)19/h4-5H2,1-3H3. The van der Waals surface area contributed by atoms with E-state index in [1.54, 1.807) is 0 Å². The van der Waals surface area contributed by atoms with Crippen LogP contribution in [0.2, 0.25) is 0 Å². The Labute approximate surface area is 125 Å². The van der Waals surface area contributed by atoms with E-state index in [4.69, 9.17) is 0 Å². The van der Waals surface area contributed by atoms with Gasteiger partial charge in [-0.25, -0.2) is 0 Å². The van der Waals surface area contributed by atoms with Crippen LogP contribution in [0.5, 0.6) is 0 Å². The van der Waals surface area contributed by atoms with Crippen LogP contribution < -0.4 is 0 Å². The number of carbonyl (C=O) groups excluding carboxylic acids is 1. The van der Waals surface area contributed by atoms with E-state index in [0.717, 1.165) is 13.8 Å². The molecule has 23 heavy (non-hydrogen) atoms. The molecule has 2 nitrogen and oxygen atoms in total. The summed E-state index contributed by atoms with van der Waals surface area (Å²) in [5.41, 5.74) is -1.68. The molecule has 0 radical (unpaired) electrons. The van der Waals surface area contributed by atoms with Gasteiger partial charge in [0.05, 0.1) is 11.8 Å². The van der Waals surface area contributed by atoms with Crippen LogP contribution in [0.1, 0.15) is 33.6 Å². The Morgan fingerprint density at radius 2 is 1.35 bits per heavy atom. The summed E-state index contributed by atoms with van der Waals surface area (Å²) in [6.45, 7) is 3.41. The molecule has 1 fully saturated rings. The molecule has 0 saturated heterocycles. The minimum Gasteiger partial charge on any atom is -0.421 e. The summed E-state index contributed by atoms with van der Waals surface area (Å²) in [4.78, 5) is 11.6. The molecule has 1 aliphatic carbocycles. The first-order chi connectivity index (χ1) is 9.90. The lowest BCUT2D eigenvalue weighted by Gasteiger charge is -2.48. The molecular formula is C12H13F9O2. The van der Waals surface area contributed by atoms with Crippen molar-refractivity contribution in [1.82, 2.24) is 0 Å². The van der Waals surface area contributed by atoms with Crippen molar-refractivity contribution in [2.24, 2.45) is 5.41 Å². The molecule has 1 rings (SSSR count). The van der Waals surface area contributed by atoms with Crippen LogP contribution in [0.15, 0.2) is 0 Å². The molecule has 0 heterocycles. The molecule has 0 spiro atoms. The van der Waals surface area contributed by atoms with Gasteiger partial charge in [0.25, 0.3) is 0 Å². The van der Waals surface area contributed by atoms with E-state index in [0.29, 0.717) is 0 Å². The Morgan fingerprint density at radius 1 is 0.913 bits per heavy atom. The molecule has 0 aromatic heterocycles. The van der Waals surface area contributed by atoms with Crippen LogP contribution in [0.25, 0.3) is 0 Å². The Kier molecular flexibility index (Phi) is 4.25. The fourth-order valence-electron chi connectivity index (χ4n) is 1.70. The predicted molar refractivity (Wildman–Crippen MR) is 58.4 cm³/mol. The molecule has 1 atom stereocenters. The zero-order valence-corrected chi connectivity index (χ0v) is 12.1. The molecule has 0 N–H and O–H groups in total. The van der Waals surface area contributed by atoms with E-state index in [2.05, 4.69) is 4.74 Å². The lowest BCUT2D eigenvalue weighted by molar-refractivity contribution is -0.455. The summed E-state index contributed by atoms with van der Waals surface area (Å²) in [6, 6.07) is 0. The van der Waals surface area contributed by atoms with Gasteiger partial charge in [0, 0.05) is 0 Å². The second kappa shape index (κ2) is 4.92. The molecule has 1 aliphatic rings.